The zero-order chi connectivity index (χ0) is 14.6. The Morgan fingerprint density at radius 2 is 2.25 bits per heavy atom. The quantitative estimate of drug-likeness (QED) is 0.741. The van der Waals surface area contributed by atoms with Gasteiger partial charge in [0.05, 0.1) is 11.1 Å². The van der Waals surface area contributed by atoms with Crippen molar-refractivity contribution in [3.05, 3.63) is 23.8 Å². The number of hydrogen-bond donors (Lipinski definition) is 3. The topological polar surface area (TPSA) is 61.4 Å². The van der Waals surface area contributed by atoms with E-state index in [0.717, 1.165) is 37.8 Å². The van der Waals surface area contributed by atoms with E-state index in [4.69, 9.17) is 0 Å². The van der Waals surface area contributed by atoms with Gasteiger partial charge in [-0.3, -0.25) is 4.79 Å². The lowest BCUT2D eigenvalue weighted by Gasteiger charge is -2.35. The number of aromatic hydroxyl groups is 1. The van der Waals surface area contributed by atoms with E-state index in [1.165, 1.54) is 0 Å². The highest BCUT2D eigenvalue weighted by molar-refractivity contribution is 5.96. The van der Waals surface area contributed by atoms with E-state index < -0.39 is 0 Å². The third-order valence-electron chi connectivity index (χ3n) is 4.35. The number of anilines is 1. The molecule has 1 aliphatic rings. The maximum atomic E-state index is 12.6. The van der Waals surface area contributed by atoms with E-state index in [1.54, 1.807) is 6.07 Å². The lowest BCUT2D eigenvalue weighted by molar-refractivity contribution is -0.126. The number of hydrogen-bond acceptors (Lipinski definition) is 3. The molecule has 0 spiro atoms. The summed E-state index contributed by atoms with van der Waals surface area (Å²) >= 11 is 0. The fourth-order valence-corrected chi connectivity index (χ4v) is 2.78. The molecular weight excluding hydrogens is 252 g/mol. The predicted molar refractivity (Wildman–Crippen MR) is 80.9 cm³/mol. The van der Waals surface area contributed by atoms with E-state index in [1.807, 2.05) is 12.1 Å². The minimum absolute atomic E-state index is 0.00996. The van der Waals surface area contributed by atoms with Gasteiger partial charge in [0.1, 0.15) is 5.75 Å². The summed E-state index contributed by atoms with van der Waals surface area (Å²) in [5.41, 5.74) is 1.27. The largest absolute Gasteiger partial charge is 0.506 e. The van der Waals surface area contributed by atoms with E-state index in [0.29, 0.717) is 12.2 Å². The van der Waals surface area contributed by atoms with Gasteiger partial charge in [0, 0.05) is 6.54 Å². The third kappa shape index (κ3) is 2.96. The van der Waals surface area contributed by atoms with Gasteiger partial charge in [-0.1, -0.05) is 19.9 Å². The monoisotopic (exact) mass is 276 g/mol. The summed E-state index contributed by atoms with van der Waals surface area (Å²) in [4.78, 5) is 12.6. The van der Waals surface area contributed by atoms with Crippen LogP contribution >= 0.6 is 0 Å². The first-order valence-corrected chi connectivity index (χ1v) is 7.45. The van der Waals surface area contributed by atoms with Gasteiger partial charge in [-0.15, -0.1) is 0 Å². The molecule has 1 atom stereocenters. The van der Waals surface area contributed by atoms with Crippen molar-refractivity contribution in [2.75, 3.05) is 18.4 Å². The molecule has 1 aromatic carbocycles. The Morgan fingerprint density at radius 3 is 2.85 bits per heavy atom. The minimum atomic E-state index is -0.354. The molecule has 110 valence electrons. The van der Waals surface area contributed by atoms with Gasteiger partial charge in [-0.2, -0.15) is 0 Å². The van der Waals surface area contributed by atoms with Crippen molar-refractivity contribution in [1.29, 1.82) is 0 Å². The molecule has 0 radical (unpaired) electrons. The number of phenolic OH excluding ortho intramolecular Hbond substituents is 1. The highest BCUT2D eigenvalue weighted by Crippen LogP contribution is 2.33. The lowest BCUT2D eigenvalue weighted by atomic mass is 9.77. The Balaban J connectivity index is 2.18. The predicted octanol–water partition coefficient (Wildman–Crippen LogP) is 2.67. The van der Waals surface area contributed by atoms with E-state index >= 15 is 0 Å². The molecule has 1 amide bonds. The van der Waals surface area contributed by atoms with Crippen molar-refractivity contribution >= 4 is 11.6 Å². The van der Waals surface area contributed by atoms with E-state index in [2.05, 4.69) is 24.5 Å². The van der Waals surface area contributed by atoms with Gasteiger partial charge in [0.25, 0.3) is 0 Å². The first kappa shape index (κ1) is 14.9. The van der Waals surface area contributed by atoms with Gasteiger partial charge in [0.2, 0.25) is 5.91 Å². The SMILES string of the molecule is CCc1ccc(O)c(NC(=O)C2(CC)CCCNC2)c1. The number of rotatable bonds is 4. The molecule has 0 aromatic heterocycles. The number of carbonyl (C=O) groups excluding carboxylic acids is 1. The molecule has 0 saturated carbocycles. The highest BCUT2D eigenvalue weighted by Gasteiger charge is 2.38. The second-order valence-corrected chi connectivity index (χ2v) is 5.57. The van der Waals surface area contributed by atoms with Crippen LogP contribution in [0.4, 0.5) is 5.69 Å². The summed E-state index contributed by atoms with van der Waals surface area (Å²) in [5, 5.41) is 16.1. The molecule has 4 heteroatoms. The molecule has 20 heavy (non-hydrogen) atoms. The van der Waals surface area contributed by atoms with Crippen molar-refractivity contribution in [2.45, 2.75) is 39.5 Å². The van der Waals surface area contributed by atoms with Gasteiger partial charge >= 0.3 is 0 Å². The molecule has 0 bridgehead atoms. The summed E-state index contributed by atoms with van der Waals surface area (Å²) in [6.45, 7) is 5.79. The molecule has 1 aliphatic heterocycles. The van der Waals surface area contributed by atoms with Crippen molar-refractivity contribution in [3.8, 4) is 5.75 Å². The molecule has 3 N–H and O–H groups in total. The number of nitrogens with one attached hydrogen (secondary N) is 2. The summed E-state index contributed by atoms with van der Waals surface area (Å²) < 4.78 is 0. The molecular formula is C16H24N2O2. The highest BCUT2D eigenvalue weighted by atomic mass is 16.3. The Kier molecular flexibility index (Phi) is 4.65. The first-order valence-electron chi connectivity index (χ1n) is 7.45. The molecule has 1 unspecified atom stereocenters. The van der Waals surface area contributed by atoms with Crippen LogP contribution < -0.4 is 10.6 Å². The summed E-state index contributed by atoms with van der Waals surface area (Å²) in [6, 6.07) is 5.38. The summed E-state index contributed by atoms with van der Waals surface area (Å²) in [7, 11) is 0. The average molecular weight is 276 g/mol. The number of amides is 1. The Hall–Kier alpha value is -1.55. The van der Waals surface area contributed by atoms with Crippen molar-refractivity contribution in [3.63, 3.8) is 0 Å². The zero-order valence-electron chi connectivity index (χ0n) is 12.3. The van der Waals surface area contributed by atoms with Crippen LogP contribution in [-0.2, 0) is 11.2 Å². The molecule has 0 aliphatic carbocycles. The Bertz CT molecular complexity index is 479. The van der Waals surface area contributed by atoms with Gasteiger partial charge < -0.3 is 15.7 Å². The lowest BCUT2D eigenvalue weighted by Crippen LogP contribution is -2.47. The van der Waals surface area contributed by atoms with Gasteiger partial charge in [-0.25, -0.2) is 0 Å². The Morgan fingerprint density at radius 1 is 1.45 bits per heavy atom. The van der Waals surface area contributed by atoms with Crippen LogP contribution in [0.5, 0.6) is 5.75 Å². The third-order valence-corrected chi connectivity index (χ3v) is 4.35. The molecule has 1 fully saturated rings. The van der Waals surface area contributed by atoms with Crippen LogP contribution in [0, 0.1) is 5.41 Å². The van der Waals surface area contributed by atoms with Crippen LogP contribution in [0.25, 0.3) is 0 Å². The summed E-state index contributed by atoms with van der Waals surface area (Å²) in [5.74, 6) is 0.140. The van der Waals surface area contributed by atoms with Crippen LogP contribution in [0.2, 0.25) is 0 Å². The smallest absolute Gasteiger partial charge is 0.231 e. The van der Waals surface area contributed by atoms with Crippen molar-refractivity contribution in [2.24, 2.45) is 5.41 Å². The van der Waals surface area contributed by atoms with Crippen LogP contribution in [0.1, 0.15) is 38.7 Å². The van der Waals surface area contributed by atoms with Gasteiger partial charge in [-0.05, 0) is 49.9 Å². The zero-order valence-corrected chi connectivity index (χ0v) is 12.3. The first-order chi connectivity index (χ1) is 9.61. The maximum absolute atomic E-state index is 12.6. The van der Waals surface area contributed by atoms with Crippen LogP contribution in [0.15, 0.2) is 18.2 Å². The number of aryl methyl sites for hydroxylation is 1. The Labute approximate surface area is 120 Å². The fourth-order valence-electron chi connectivity index (χ4n) is 2.78. The molecule has 1 saturated heterocycles. The number of carbonyl (C=O) groups is 1. The normalized spacial score (nSPS) is 22.5. The number of piperidine rings is 1. The minimum Gasteiger partial charge on any atom is -0.506 e. The molecule has 2 rings (SSSR count). The average Bonchev–Trinajstić information content (AvgIpc) is 2.50. The second kappa shape index (κ2) is 6.27. The van der Waals surface area contributed by atoms with Crippen LogP contribution in [-0.4, -0.2) is 24.1 Å². The van der Waals surface area contributed by atoms with E-state index in [-0.39, 0.29) is 17.1 Å². The second-order valence-electron chi connectivity index (χ2n) is 5.57. The van der Waals surface area contributed by atoms with Crippen molar-refractivity contribution < 1.29 is 9.90 Å². The number of benzene rings is 1. The van der Waals surface area contributed by atoms with E-state index in [9.17, 15) is 9.90 Å². The fraction of sp³-hybridized carbons (Fsp3) is 0.562. The van der Waals surface area contributed by atoms with Crippen molar-refractivity contribution in [1.82, 2.24) is 5.32 Å². The summed E-state index contributed by atoms with van der Waals surface area (Å²) in [6.07, 6.45) is 3.60. The molecule has 1 aromatic rings. The standard InChI is InChI=1S/C16H24N2O2/c1-3-12-6-7-14(19)13(10-12)18-15(20)16(4-2)8-5-9-17-11-16/h6-7,10,17,19H,3-5,8-9,11H2,1-2H3,(H,18,20). The van der Waals surface area contributed by atoms with Crippen LogP contribution in [0.3, 0.4) is 0 Å². The maximum Gasteiger partial charge on any atom is 0.231 e. The van der Waals surface area contributed by atoms with Gasteiger partial charge in [0.15, 0.2) is 0 Å². The number of phenols is 1. The molecule has 1 heterocycles. The molecule has 4 nitrogen and oxygen atoms in total.